The highest BCUT2D eigenvalue weighted by molar-refractivity contribution is 7.11. The molecular formula is C21H25ClN2O2S. The van der Waals surface area contributed by atoms with Crippen LogP contribution >= 0.6 is 22.9 Å². The summed E-state index contributed by atoms with van der Waals surface area (Å²) in [6.45, 7) is 4.90. The van der Waals surface area contributed by atoms with Crippen LogP contribution in [0, 0.1) is 6.92 Å². The lowest BCUT2D eigenvalue weighted by atomic mass is 10.2. The molecule has 0 saturated heterocycles. The molecule has 1 heterocycles. The molecule has 4 nitrogen and oxygen atoms in total. The molecule has 1 aromatic heterocycles. The minimum Gasteiger partial charge on any atom is -0.332 e. The highest BCUT2D eigenvalue weighted by Gasteiger charge is 2.36. The van der Waals surface area contributed by atoms with E-state index >= 15 is 0 Å². The van der Waals surface area contributed by atoms with E-state index in [2.05, 4.69) is 19.1 Å². The van der Waals surface area contributed by atoms with Gasteiger partial charge in [0.1, 0.15) is 11.9 Å². The minimum absolute atomic E-state index is 0.0394. The zero-order valence-electron chi connectivity index (χ0n) is 15.7. The van der Waals surface area contributed by atoms with Gasteiger partial charge in [-0.15, -0.1) is 22.9 Å². The first-order valence-corrected chi connectivity index (χ1v) is 10.5. The number of hydrogen-bond acceptors (Lipinski definition) is 3. The number of benzene rings is 1. The van der Waals surface area contributed by atoms with Crippen LogP contribution in [0.25, 0.3) is 0 Å². The van der Waals surface area contributed by atoms with Crippen LogP contribution < -0.4 is 0 Å². The quantitative estimate of drug-likeness (QED) is 0.618. The van der Waals surface area contributed by atoms with Crippen molar-refractivity contribution in [3.05, 3.63) is 57.8 Å². The molecule has 2 amide bonds. The van der Waals surface area contributed by atoms with Gasteiger partial charge in [-0.2, -0.15) is 0 Å². The van der Waals surface area contributed by atoms with E-state index in [0.717, 1.165) is 23.3 Å². The second-order valence-electron chi connectivity index (χ2n) is 7.06. The van der Waals surface area contributed by atoms with Crippen LogP contribution in [0.2, 0.25) is 0 Å². The van der Waals surface area contributed by atoms with Crippen LogP contribution in [0.3, 0.4) is 0 Å². The Morgan fingerprint density at radius 3 is 2.41 bits per heavy atom. The molecule has 0 bridgehead atoms. The Labute approximate surface area is 169 Å². The molecule has 0 N–H and O–H groups in total. The third-order valence-corrected chi connectivity index (χ3v) is 5.80. The number of alkyl halides is 1. The van der Waals surface area contributed by atoms with Gasteiger partial charge in [0.05, 0.1) is 6.54 Å². The Balaban J connectivity index is 1.75. The molecule has 1 aromatic carbocycles. The van der Waals surface area contributed by atoms with Gasteiger partial charge in [-0.1, -0.05) is 30.3 Å². The van der Waals surface area contributed by atoms with Gasteiger partial charge in [0.2, 0.25) is 11.8 Å². The molecule has 0 radical (unpaired) electrons. The van der Waals surface area contributed by atoms with Crippen molar-refractivity contribution >= 4 is 34.8 Å². The number of amides is 2. The van der Waals surface area contributed by atoms with E-state index < -0.39 is 5.38 Å². The number of carbonyl (C=O) groups excluding carboxylic acids is 2. The SMILES string of the molecule is Cc1ccc(CN(Cc2ccccc2)C(=O)CN(C(=O)[C@@H](C)Cl)C2CC2)s1. The van der Waals surface area contributed by atoms with E-state index in [4.69, 9.17) is 11.6 Å². The highest BCUT2D eigenvalue weighted by Crippen LogP contribution is 2.28. The van der Waals surface area contributed by atoms with Gasteiger partial charge >= 0.3 is 0 Å². The third-order valence-electron chi connectivity index (χ3n) is 4.63. The first kappa shape index (κ1) is 19.9. The van der Waals surface area contributed by atoms with Crippen LogP contribution in [0.1, 0.15) is 35.1 Å². The average molecular weight is 405 g/mol. The van der Waals surface area contributed by atoms with Gasteiger partial charge < -0.3 is 9.80 Å². The predicted molar refractivity (Wildman–Crippen MR) is 110 cm³/mol. The predicted octanol–water partition coefficient (Wildman–Crippen LogP) is 4.20. The third kappa shape index (κ3) is 5.56. The maximum absolute atomic E-state index is 13.1. The summed E-state index contributed by atoms with van der Waals surface area (Å²) < 4.78 is 0. The van der Waals surface area contributed by atoms with E-state index in [1.54, 1.807) is 23.2 Å². The molecule has 0 aliphatic heterocycles. The number of rotatable bonds is 8. The van der Waals surface area contributed by atoms with E-state index in [-0.39, 0.29) is 24.4 Å². The second-order valence-corrected chi connectivity index (χ2v) is 9.09. The first-order valence-electron chi connectivity index (χ1n) is 9.25. The summed E-state index contributed by atoms with van der Waals surface area (Å²) in [5, 5.41) is -0.610. The van der Waals surface area contributed by atoms with Crippen molar-refractivity contribution in [2.75, 3.05) is 6.54 Å². The Morgan fingerprint density at radius 1 is 1.15 bits per heavy atom. The van der Waals surface area contributed by atoms with Crippen LogP contribution in [-0.2, 0) is 22.7 Å². The number of halogens is 1. The number of aryl methyl sites for hydroxylation is 1. The van der Waals surface area contributed by atoms with Crippen molar-refractivity contribution in [3.63, 3.8) is 0 Å². The fourth-order valence-electron chi connectivity index (χ4n) is 3.04. The molecule has 144 valence electrons. The van der Waals surface area contributed by atoms with Crippen molar-refractivity contribution in [1.29, 1.82) is 0 Å². The molecule has 27 heavy (non-hydrogen) atoms. The molecular weight excluding hydrogens is 380 g/mol. The molecule has 6 heteroatoms. The van der Waals surface area contributed by atoms with E-state index in [0.29, 0.717) is 13.1 Å². The molecule has 1 aliphatic rings. The van der Waals surface area contributed by atoms with Crippen LogP contribution in [0.15, 0.2) is 42.5 Å². The largest absolute Gasteiger partial charge is 0.332 e. The second kappa shape index (κ2) is 8.89. The van der Waals surface area contributed by atoms with Crippen LogP contribution in [-0.4, -0.2) is 39.6 Å². The van der Waals surface area contributed by atoms with Crippen molar-refractivity contribution in [3.8, 4) is 0 Å². The van der Waals surface area contributed by atoms with Crippen molar-refractivity contribution in [2.45, 2.75) is 51.2 Å². The van der Waals surface area contributed by atoms with Crippen LogP contribution in [0.4, 0.5) is 0 Å². The summed E-state index contributed by atoms with van der Waals surface area (Å²) in [4.78, 5) is 31.4. The maximum atomic E-state index is 13.1. The zero-order valence-corrected chi connectivity index (χ0v) is 17.3. The molecule has 1 atom stereocenters. The summed E-state index contributed by atoms with van der Waals surface area (Å²) in [5.74, 6) is -0.193. The monoisotopic (exact) mass is 404 g/mol. The van der Waals surface area contributed by atoms with Gasteiger partial charge in [0, 0.05) is 22.3 Å². The van der Waals surface area contributed by atoms with Crippen LogP contribution in [0.5, 0.6) is 0 Å². The lowest BCUT2D eigenvalue weighted by Gasteiger charge is -2.28. The highest BCUT2D eigenvalue weighted by atomic mass is 35.5. The van der Waals surface area contributed by atoms with Gasteiger partial charge in [-0.3, -0.25) is 9.59 Å². The number of nitrogens with zero attached hydrogens (tertiary/aromatic N) is 2. The summed E-state index contributed by atoms with van der Waals surface area (Å²) in [5.41, 5.74) is 1.08. The standard InChI is InChI=1S/C21H25ClN2O2S/c1-15-8-11-19(27-15)13-23(12-17-6-4-3-5-7-17)20(25)14-24(18-9-10-18)21(26)16(2)22/h3-8,11,16,18H,9-10,12-14H2,1-2H3/t16-/m1/s1. The lowest BCUT2D eigenvalue weighted by molar-refractivity contribution is -0.141. The molecule has 1 fully saturated rings. The maximum Gasteiger partial charge on any atom is 0.242 e. The molecule has 0 unspecified atom stereocenters. The number of carbonyl (C=O) groups is 2. The fraction of sp³-hybridized carbons (Fsp3) is 0.429. The van der Waals surface area contributed by atoms with E-state index in [9.17, 15) is 9.59 Å². The van der Waals surface area contributed by atoms with Gasteiger partial charge in [0.15, 0.2) is 0 Å². The van der Waals surface area contributed by atoms with Crippen molar-refractivity contribution < 1.29 is 9.59 Å². The number of hydrogen-bond donors (Lipinski definition) is 0. The Bertz CT molecular complexity index is 786. The summed E-state index contributed by atoms with van der Waals surface area (Å²) >= 11 is 7.70. The lowest BCUT2D eigenvalue weighted by Crippen LogP contribution is -2.45. The molecule has 1 saturated carbocycles. The van der Waals surface area contributed by atoms with E-state index in [1.807, 2.05) is 35.2 Å². The average Bonchev–Trinajstić information content (AvgIpc) is 3.41. The van der Waals surface area contributed by atoms with Crippen molar-refractivity contribution in [2.24, 2.45) is 0 Å². The van der Waals surface area contributed by atoms with Gasteiger partial charge in [0.25, 0.3) is 0 Å². The fourth-order valence-corrected chi connectivity index (χ4v) is 4.07. The summed E-state index contributed by atoms with van der Waals surface area (Å²) in [6.07, 6.45) is 1.90. The zero-order chi connectivity index (χ0) is 19.4. The first-order chi connectivity index (χ1) is 12.9. The Hall–Kier alpha value is -1.85. The van der Waals surface area contributed by atoms with E-state index in [1.165, 1.54) is 4.88 Å². The normalized spacial score (nSPS) is 14.6. The van der Waals surface area contributed by atoms with Gasteiger partial charge in [-0.05, 0) is 44.4 Å². The molecule has 1 aliphatic carbocycles. The van der Waals surface area contributed by atoms with Crippen molar-refractivity contribution in [1.82, 2.24) is 9.80 Å². The number of thiophene rings is 1. The molecule has 0 spiro atoms. The van der Waals surface area contributed by atoms with Gasteiger partial charge in [-0.25, -0.2) is 0 Å². The summed E-state index contributed by atoms with van der Waals surface area (Å²) in [6, 6.07) is 14.2. The molecule has 2 aromatic rings. The Morgan fingerprint density at radius 2 is 1.85 bits per heavy atom. The minimum atomic E-state index is -0.610. The summed E-state index contributed by atoms with van der Waals surface area (Å²) in [7, 11) is 0. The topological polar surface area (TPSA) is 40.6 Å². The Kier molecular flexibility index (Phi) is 6.55. The smallest absolute Gasteiger partial charge is 0.242 e. The molecule has 3 rings (SSSR count).